The second-order valence-corrected chi connectivity index (χ2v) is 9.12. The SMILES string of the molecule is Cc1ccc(-c2nc(-c3ncoc3C(C)C)n([C@@H]3CCS(=O)(=O)C3)n2)o1. The molecule has 1 fully saturated rings. The van der Waals surface area contributed by atoms with E-state index in [-0.39, 0.29) is 23.5 Å². The van der Waals surface area contributed by atoms with Crippen LogP contribution in [0.3, 0.4) is 0 Å². The molecule has 0 saturated carbocycles. The van der Waals surface area contributed by atoms with Crippen LogP contribution in [0.2, 0.25) is 0 Å². The molecule has 0 aromatic carbocycles. The number of hydrogen-bond acceptors (Lipinski definition) is 7. The van der Waals surface area contributed by atoms with Gasteiger partial charge in [0.1, 0.15) is 17.2 Å². The molecular formula is C17H20N4O4S. The van der Waals surface area contributed by atoms with Crippen molar-refractivity contribution >= 4 is 9.84 Å². The van der Waals surface area contributed by atoms with Gasteiger partial charge >= 0.3 is 0 Å². The Morgan fingerprint density at radius 2 is 2.12 bits per heavy atom. The van der Waals surface area contributed by atoms with Crippen molar-refractivity contribution in [3.63, 3.8) is 0 Å². The van der Waals surface area contributed by atoms with E-state index in [1.165, 1.54) is 6.39 Å². The van der Waals surface area contributed by atoms with E-state index in [0.717, 1.165) is 5.76 Å². The van der Waals surface area contributed by atoms with Crippen molar-refractivity contribution in [3.8, 4) is 23.1 Å². The third-order valence-electron chi connectivity index (χ3n) is 4.48. The first-order valence-corrected chi connectivity index (χ1v) is 10.3. The molecule has 0 aliphatic carbocycles. The van der Waals surface area contributed by atoms with Gasteiger partial charge in [-0.05, 0) is 25.5 Å². The minimum atomic E-state index is -3.06. The second kappa shape index (κ2) is 6.08. The number of oxazole rings is 1. The van der Waals surface area contributed by atoms with E-state index in [1.54, 1.807) is 10.7 Å². The summed E-state index contributed by atoms with van der Waals surface area (Å²) in [4.78, 5) is 8.93. The van der Waals surface area contributed by atoms with E-state index < -0.39 is 9.84 Å². The monoisotopic (exact) mass is 376 g/mol. The minimum absolute atomic E-state index is 0.0504. The highest BCUT2D eigenvalue weighted by Crippen LogP contribution is 2.33. The van der Waals surface area contributed by atoms with Crippen LogP contribution in [0.4, 0.5) is 0 Å². The number of hydrogen-bond donors (Lipinski definition) is 0. The Labute approximate surface area is 151 Å². The minimum Gasteiger partial charge on any atom is -0.458 e. The molecule has 0 radical (unpaired) electrons. The fourth-order valence-corrected chi connectivity index (χ4v) is 4.89. The molecule has 0 N–H and O–H groups in total. The number of furan rings is 1. The molecule has 1 aliphatic heterocycles. The summed E-state index contributed by atoms with van der Waals surface area (Å²) in [7, 11) is -3.06. The predicted molar refractivity (Wildman–Crippen MR) is 94.4 cm³/mol. The summed E-state index contributed by atoms with van der Waals surface area (Å²) < 4.78 is 36.7. The second-order valence-electron chi connectivity index (χ2n) is 6.89. The van der Waals surface area contributed by atoms with E-state index in [0.29, 0.717) is 35.3 Å². The van der Waals surface area contributed by atoms with Gasteiger partial charge in [0.2, 0.25) is 5.82 Å². The average molecular weight is 376 g/mol. The van der Waals surface area contributed by atoms with Crippen LogP contribution in [0.5, 0.6) is 0 Å². The lowest BCUT2D eigenvalue weighted by molar-refractivity contribution is 0.479. The molecular weight excluding hydrogens is 356 g/mol. The number of rotatable bonds is 4. The van der Waals surface area contributed by atoms with Crippen molar-refractivity contribution < 1.29 is 17.3 Å². The van der Waals surface area contributed by atoms with E-state index in [4.69, 9.17) is 8.83 Å². The van der Waals surface area contributed by atoms with Crippen molar-refractivity contribution in [2.24, 2.45) is 0 Å². The van der Waals surface area contributed by atoms with Crippen LogP contribution in [-0.2, 0) is 9.84 Å². The number of sulfone groups is 1. The van der Waals surface area contributed by atoms with Gasteiger partial charge in [0.05, 0.1) is 17.5 Å². The van der Waals surface area contributed by atoms with Gasteiger partial charge in [-0.25, -0.2) is 23.1 Å². The van der Waals surface area contributed by atoms with Crippen molar-refractivity contribution in [1.29, 1.82) is 0 Å². The van der Waals surface area contributed by atoms with E-state index in [9.17, 15) is 8.42 Å². The fraction of sp³-hybridized carbons (Fsp3) is 0.471. The van der Waals surface area contributed by atoms with Gasteiger partial charge in [-0.3, -0.25) is 0 Å². The molecule has 0 unspecified atom stereocenters. The molecule has 9 heteroatoms. The molecule has 3 aromatic rings. The first-order chi connectivity index (χ1) is 12.3. The average Bonchev–Trinajstić information content (AvgIpc) is 3.30. The van der Waals surface area contributed by atoms with Crippen LogP contribution in [0.15, 0.2) is 27.4 Å². The van der Waals surface area contributed by atoms with Gasteiger partial charge in [0.15, 0.2) is 27.8 Å². The third-order valence-corrected chi connectivity index (χ3v) is 6.23. The Bertz CT molecular complexity index is 1040. The Morgan fingerprint density at radius 3 is 2.73 bits per heavy atom. The van der Waals surface area contributed by atoms with E-state index in [2.05, 4.69) is 15.1 Å². The molecule has 26 heavy (non-hydrogen) atoms. The van der Waals surface area contributed by atoms with Crippen LogP contribution < -0.4 is 0 Å². The van der Waals surface area contributed by atoms with Crippen LogP contribution in [0, 0.1) is 6.92 Å². The molecule has 0 spiro atoms. The lowest BCUT2D eigenvalue weighted by atomic mass is 10.1. The van der Waals surface area contributed by atoms with Gasteiger partial charge in [-0.2, -0.15) is 0 Å². The van der Waals surface area contributed by atoms with Gasteiger partial charge in [-0.15, -0.1) is 5.10 Å². The quantitative estimate of drug-likeness (QED) is 0.689. The standard InChI is InChI=1S/C17H20N4O4S/c1-10(2)15-14(18-9-24-15)17-19-16(13-5-4-11(3)25-13)20-21(17)12-6-7-26(22,23)8-12/h4-5,9-10,12H,6-8H2,1-3H3/t12-/m1/s1. The molecule has 4 rings (SSSR count). The Hall–Kier alpha value is -2.42. The van der Waals surface area contributed by atoms with Crippen molar-refractivity contribution in [2.45, 2.75) is 39.2 Å². The fourth-order valence-electron chi connectivity index (χ4n) is 3.20. The summed E-state index contributed by atoms with van der Waals surface area (Å²) in [5.74, 6) is 3.23. The summed E-state index contributed by atoms with van der Waals surface area (Å²) >= 11 is 0. The lowest BCUT2D eigenvalue weighted by Crippen LogP contribution is -2.14. The number of aromatic nitrogens is 4. The maximum atomic E-state index is 12.0. The highest BCUT2D eigenvalue weighted by Gasteiger charge is 2.34. The summed E-state index contributed by atoms with van der Waals surface area (Å²) in [6.45, 7) is 5.85. The van der Waals surface area contributed by atoms with Gasteiger partial charge in [0.25, 0.3) is 0 Å². The van der Waals surface area contributed by atoms with Crippen molar-refractivity contribution in [2.75, 3.05) is 11.5 Å². The topological polar surface area (TPSA) is 104 Å². The van der Waals surface area contributed by atoms with E-state index >= 15 is 0 Å². The maximum absolute atomic E-state index is 12.0. The largest absolute Gasteiger partial charge is 0.458 e. The van der Waals surface area contributed by atoms with Gasteiger partial charge in [0, 0.05) is 5.92 Å². The van der Waals surface area contributed by atoms with E-state index in [1.807, 2.05) is 26.8 Å². The van der Waals surface area contributed by atoms with Gasteiger partial charge < -0.3 is 8.83 Å². The molecule has 1 aliphatic rings. The van der Waals surface area contributed by atoms with Crippen molar-refractivity contribution in [3.05, 3.63) is 30.0 Å². The van der Waals surface area contributed by atoms with Crippen molar-refractivity contribution in [1.82, 2.24) is 19.7 Å². The first kappa shape index (κ1) is 17.0. The molecule has 138 valence electrons. The molecule has 1 saturated heterocycles. The first-order valence-electron chi connectivity index (χ1n) is 8.51. The highest BCUT2D eigenvalue weighted by molar-refractivity contribution is 7.91. The van der Waals surface area contributed by atoms with Crippen LogP contribution in [0.25, 0.3) is 23.1 Å². The summed E-state index contributed by atoms with van der Waals surface area (Å²) in [6.07, 6.45) is 1.88. The Balaban J connectivity index is 1.85. The van der Waals surface area contributed by atoms with Crippen LogP contribution >= 0.6 is 0 Å². The smallest absolute Gasteiger partial charge is 0.217 e. The summed E-state index contributed by atoms with van der Waals surface area (Å²) in [5, 5.41) is 4.56. The zero-order valence-corrected chi connectivity index (χ0v) is 15.7. The maximum Gasteiger partial charge on any atom is 0.217 e. The van der Waals surface area contributed by atoms with Crippen LogP contribution in [-0.4, -0.2) is 39.7 Å². The summed E-state index contributed by atoms with van der Waals surface area (Å²) in [5.41, 5.74) is 0.589. The normalized spacial score (nSPS) is 19.5. The third kappa shape index (κ3) is 2.96. The molecule has 0 amide bonds. The molecule has 3 aromatic heterocycles. The van der Waals surface area contributed by atoms with Gasteiger partial charge in [-0.1, -0.05) is 13.8 Å². The molecule has 1 atom stereocenters. The molecule has 0 bridgehead atoms. The predicted octanol–water partition coefficient (Wildman–Crippen LogP) is 2.98. The van der Waals surface area contributed by atoms with Crippen LogP contribution in [0.1, 0.15) is 43.7 Å². The Kier molecular flexibility index (Phi) is 3.98. The zero-order valence-electron chi connectivity index (χ0n) is 14.8. The summed E-state index contributed by atoms with van der Waals surface area (Å²) in [6, 6.07) is 3.37. The number of aryl methyl sites for hydroxylation is 1. The number of nitrogens with zero attached hydrogens (tertiary/aromatic N) is 4. The molecule has 8 nitrogen and oxygen atoms in total. The molecule has 4 heterocycles. The highest BCUT2D eigenvalue weighted by atomic mass is 32.2. The zero-order chi connectivity index (χ0) is 18.5. The Morgan fingerprint density at radius 1 is 1.31 bits per heavy atom. The lowest BCUT2D eigenvalue weighted by Gasteiger charge is -2.11.